The van der Waals surface area contributed by atoms with Gasteiger partial charge in [-0.1, -0.05) is 207 Å². The Hall–Kier alpha value is -2.88. The predicted octanol–water partition coefficient (Wildman–Crippen LogP) is 16.2. The van der Waals surface area contributed by atoms with E-state index in [1.807, 2.05) is 21.1 Å². The quantitative estimate of drug-likeness (QED) is 0.0207. The van der Waals surface area contributed by atoms with E-state index >= 15 is 0 Å². The van der Waals surface area contributed by atoms with Gasteiger partial charge < -0.3 is 24.9 Å². The average molecular weight is 1010 g/mol. The third kappa shape index (κ3) is 51.8. The lowest BCUT2D eigenvalue weighted by molar-refractivity contribution is -0.870. The minimum Gasteiger partial charge on any atom is -0.390 e. The number of likely N-dealkylation sites (N-methyl/N-ethyl adjacent to an activating group) is 1. The van der Waals surface area contributed by atoms with Gasteiger partial charge >= 0.3 is 7.82 Å². The molecule has 408 valence electrons. The second kappa shape index (κ2) is 50.6. The first-order valence-corrected chi connectivity index (χ1v) is 29.8. The van der Waals surface area contributed by atoms with Crippen molar-refractivity contribution in [3.8, 4) is 0 Å². The maximum atomic E-state index is 13.0. The van der Waals surface area contributed by atoms with Crippen molar-refractivity contribution >= 4 is 13.7 Å². The third-order valence-electron chi connectivity index (χ3n) is 12.1. The Morgan fingerprint density at radius 3 is 1.34 bits per heavy atom. The Morgan fingerprint density at radius 2 is 0.887 bits per heavy atom. The number of carbonyl (C=O) groups is 1. The number of aliphatic hydroxyl groups is 2. The first kappa shape index (κ1) is 68.1. The van der Waals surface area contributed by atoms with Crippen molar-refractivity contribution in [1.29, 1.82) is 0 Å². The Balaban J connectivity index is 4.17. The minimum atomic E-state index is -4.44. The molecule has 0 aromatic carbocycles. The van der Waals surface area contributed by atoms with Gasteiger partial charge in [-0.05, 0) is 109 Å². The van der Waals surface area contributed by atoms with Crippen LogP contribution in [0.5, 0.6) is 0 Å². The molecular formula is C61H108N2O7P+. The van der Waals surface area contributed by atoms with E-state index in [0.29, 0.717) is 30.3 Å². The molecule has 4 unspecified atom stereocenters. The van der Waals surface area contributed by atoms with Crippen LogP contribution in [0.3, 0.4) is 0 Å². The highest BCUT2D eigenvalue weighted by atomic mass is 31.2. The second-order valence-corrected chi connectivity index (χ2v) is 21.5. The number of allylic oxidation sites excluding steroid dienone is 18. The van der Waals surface area contributed by atoms with Crippen molar-refractivity contribution in [2.24, 2.45) is 0 Å². The van der Waals surface area contributed by atoms with Gasteiger partial charge in [0.05, 0.1) is 39.9 Å². The highest BCUT2D eigenvalue weighted by Crippen LogP contribution is 2.43. The molecule has 0 saturated heterocycles. The van der Waals surface area contributed by atoms with Crippen molar-refractivity contribution < 1.29 is 38.0 Å². The zero-order chi connectivity index (χ0) is 52.2. The standard InChI is InChI=1S/C61H107N2O7P/c1-6-8-10-12-14-16-18-20-21-22-23-24-25-26-27-28-29-30-31-32-33-34-35-36-37-38-39-40-41-42-44-46-48-50-52-54-60(65)62-58(57-70-71(67,68)69-56-55-63(3,4)5)61(66)59(64)53-51-49-47-45-43-19-17-15-13-11-9-7-2/h8,10,14-17,20-21,23-24,26-27,29-30,32-33,45,47,58-59,61,64,66H,6-7,9,11-13,18-19,22,25,28,31,34-44,46,48-57H2,1-5H3,(H-,62,65,67,68)/p+1/b10-8-,16-14-,17-15+,21-20-,24-23-,27-26-,30-29-,33-32-,47-45+. The number of hydrogen-bond acceptors (Lipinski definition) is 6. The molecule has 0 aliphatic carbocycles. The van der Waals surface area contributed by atoms with Gasteiger partial charge in [0.1, 0.15) is 19.3 Å². The fraction of sp³-hybridized carbons (Fsp3) is 0.689. The Bertz CT molecular complexity index is 1540. The zero-order valence-corrected chi connectivity index (χ0v) is 46.9. The molecule has 9 nitrogen and oxygen atoms in total. The molecule has 0 aromatic heterocycles. The molecule has 71 heavy (non-hydrogen) atoms. The zero-order valence-electron chi connectivity index (χ0n) is 46.0. The molecule has 4 N–H and O–H groups in total. The van der Waals surface area contributed by atoms with E-state index in [2.05, 4.69) is 129 Å². The number of aliphatic hydroxyl groups excluding tert-OH is 2. The monoisotopic (exact) mass is 1010 g/mol. The highest BCUT2D eigenvalue weighted by Gasteiger charge is 2.31. The van der Waals surface area contributed by atoms with Crippen molar-refractivity contribution in [2.45, 2.75) is 231 Å². The summed E-state index contributed by atoms with van der Waals surface area (Å²) in [4.78, 5) is 23.3. The summed E-state index contributed by atoms with van der Waals surface area (Å²) in [5, 5.41) is 24.7. The summed E-state index contributed by atoms with van der Waals surface area (Å²) in [5.74, 6) is -0.278. The largest absolute Gasteiger partial charge is 0.472 e. The third-order valence-corrected chi connectivity index (χ3v) is 13.1. The van der Waals surface area contributed by atoms with E-state index in [9.17, 15) is 24.5 Å². The predicted molar refractivity (Wildman–Crippen MR) is 305 cm³/mol. The molecule has 0 aliphatic heterocycles. The van der Waals surface area contributed by atoms with Crippen LogP contribution in [0.25, 0.3) is 0 Å². The maximum absolute atomic E-state index is 13.0. The molecule has 1 amide bonds. The molecule has 0 aromatic rings. The van der Waals surface area contributed by atoms with Crippen LogP contribution in [0.15, 0.2) is 109 Å². The molecule has 0 bridgehead atoms. The average Bonchev–Trinajstić information content (AvgIpc) is 3.33. The van der Waals surface area contributed by atoms with E-state index in [1.165, 1.54) is 83.5 Å². The van der Waals surface area contributed by atoms with Crippen LogP contribution in [0.1, 0.15) is 213 Å². The smallest absolute Gasteiger partial charge is 0.390 e. The lowest BCUT2D eigenvalue weighted by Crippen LogP contribution is -2.51. The summed E-state index contributed by atoms with van der Waals surface area (Å²) in [6, 6.07) is -1.06. The van der Waals surface area contributed by atoms with Crippen molar-refractivity contribution in [2.75, 3.05) is 40.9 Å². The van der Waals surface area contributed by atoms with Crippen LogP contribution in [-0.2, 0) is 18.4 Å². The number of rotatable bonds is 50. The number of unbranched alkanes of at least 4 members (excludes halogenated alkanes) is 18. The van der Waals surface area contributed by atoms with E-state index in [-0.39, 0.29) is 18.9 Å². The summed E-state index contributed by atoms with van der Waals surface area (Å²) in [6.07, 6.45) is 70.4. The minimum absolute atomic E-state index is 0.00896. The first-order chi connectivity index (χ1) is 34.4. The van der Waals surface area contributed by atoms with Gasteiger partial charge in [-0.3, -0.25) is 13.8 Å². The number of amides is 1. The van der Waals surface area contributed by atoms with Gasteiger partial charge in [0.25, 0.3) is 0 Å². The number of nitrogens with zero attached hydrogens (tertiary/aromatic N) is 1. The van der Waals surface area contributed by atoms with E-state index in [0.717, 1.165) is 89.9 Å². The van der Waals surface area contributed by atoms with Gasteiger partial charge in [0.2, 0.25) is 5.91 Å². The van der Waals surface area contributed by atoms with Gasteiger partial charge in [0, 0.05) is 6.42 Å². The lowest BCUT2D eigenvalue weighted by atomic mass is 10.0. The second-order valence-electron chi connectivity index (χ2n) is 20.0. The number of phosphoric ester groups is 1. The number of nitrogens with one attached hydrogen (secondary N) is 1. The number of carbonyl (C=O) groups excluding carboxylic acids is 1. The molecule has 4 atom stereocenters. The van der Waals surface area contributed by atoms with Crippen LogP contribution >= 0.6 is 7.82 Å². The molecule has 0 radical (unpaired) electrons. The van der Waals surface area contributed by atoms with Gasteiger partial charge in [-0.15, -0.1) is 0 Å². The molecule has 0 rings (SSSR count). The molecule has 0 saturated carbocycles. The fourth-order valence-corrected chi connectivity index (χ4v) is 8.34. The maximum Gasteiger partial charge on any atom is 0.472 e. The molecular weight excluding hydrogens is 904 g/mol. The van der Waals surface area contributed by atoms with Gasteiger partial charge in [-0.2, -0.15) is 0 Å². The molecule has 10 heteroatoms. The highest BCUT2D eigenvalue weighted by molar-refractivity contribution is 7.47. The van der Waals surface area contributed by atoms with Gasteiger partial charge in [0.15, 0.2) is 0 Å². The summed E-state index contributed by atoms with van der Waals surface area (Å²) in [6.45, 7) is 4.42. The van der Waals surface area contributed by atoms with E-state index < -0.39 is 32.7 Å². The van der Waals surface area contributed by atoms with Crippen LogP contribution < -0.4 is 5.32 Å². The Kier molecular flexibility index (Phi) is 48.6. The molecule has 0 heterocycles. The van der Waals surface area contributed by atoms with E-state index in [4.69, 9.17) is 9.05 Å². The summed E-state index contributed by atoms with van der Waals surface area (Å²) >= 11 is 0. The molecule has 0 fully saturated rings. The summed E-state index contributed by atoms with van der Waals surface area (Å²) in [7, 11) is 1.40. The molecule has 0 aliphatic rings. The van der Waals surface area contributed by atoms with Crippen LogP contribution in [0.4, 0.5) is 0 Å². The number of phosphoric acid groups is 1. The van der Waals surface area contributed by atoms with Crippen molar-refractivity contribution in [3.05, 3.63) is 109 Å². The van der Waals surface area contributed by atoms with Crippen molar-refractivity contribution in [3.63, 3.8) is 0 Å². The van der Waals surface area contributed by atoms with E-state index in [1.54, 1.807) is 0 Å². The van der Waals surface area contributed by atoms with Gasteiger partial charge in [-0.25, -0.2) is 4.57 Å². The summed E-state index contributed by atoms with van der Waals surface area (Å²) < 4.78 is 23.6. The lowest BCUT2D eigenvalue weighted by Gasteiger charge is -2.28. The fourth-order valence-electron chi connectivity index (χ4n) is 7.61. The normalized spacial score (nSPS) is 15.2. The Morgan fingerprint density at radius 1 is 0.507 bits per heavy atom. The van der Waals surface area contributed by atoms with Crippen LogP contribution in [0, 0.1) is 0 Å². The summed E-state index contributed by atoms with van der Waals surface area (Å²) in [5.41, 5.74) is 0. The SMILES string of the molecule is CC/C=C\C/C=C\C/C=C\C/C=C\C/C=C\C/C=C\C/C=C\CCCCCCCCCCCCCCCC(=O)NC(COP(=O)(O)OCC[N+](C)(C)C)C(O)C(O)CCC/C=C/CC/C=C/CCCCC. The van der Waals surface area contributed by atoms with Crippen molar-refractivity contribution in [1.82, 2.24) is 5.32 Å². The number of quaternary nitrogens is 1. The van der Waals surface area contributed by atoms with Crippen LogP contribution in [-0.4, -0.2) is 84.6 Å². The first-order valence-electron chi connectivity index (χ1n) is 28.3. The van der Waals surface area contributed by atoms with Crippen LogP contribution in [0.2, 0.25) is 0 Å². The molecule has 0 spiro atoms. The number of hydrogen-bond donors (Lipinski definition) is 4. The topological polar surface area (TPSA) is 125 Å². The Labute approximate surface area is 436 Å².